The largest absolute Gasteiger partial charge is 0.462 e. The minimum absolute atomic E-state index is 0.148. The number of carbonyl (C=O) groups is 2. The molecule has 0 aliphatic heterocycles. The summed E-state index contributed by atoms with van der Waals surface area (Å²) < 4.78 is 5.19. The van der Waals surface area contributed by atoms with Crippen molar-refractivity contribution >= 4 is 50.9 Å². The number of rotatable bonds is 8. The molecule has 0 saturated carbocycles. The third kappa shape index (κ3) is 5.39. The number of hydrogen-bond acceptors (Lipinski definition) is 7. The highest BCUT2D eigenvalue weighted by molar-refractivity contribution is 8.00. The number of esters is 1. The van der Waals surface area contributed by atoms with Crippen molar-refractivity contribution in [2.24, 2.45) is 0 Å². The van der Waals surface area contributed by atoms with E-state index in [2.05, 4.69) is 18.3 Å². The Morgan fingerprint density at radius 1 is 1.03 bits per heavy atom. The van der Waals surface area contributed by atoms with Crippen molar-refractivity contribution < 1.29 is 14.3 Å². The molecule has 6 nitrogen and oxygen atoms in total. The zero-order valence-electron chi connectivity index (χ0n) is 20.2. The standard InChI is InChI=1S/C27H27N3O3S2/c1-5-18-13-10-14-20-23(18)29-24(19-11-8-7-9-12-19)30-25(20)34-15-21(31)28-26-22(27(32)33-6-2)16(3)17(4)35-26/h7-14H,5-6,15H2,1-4H3,(H,28,31). The molecule has 0 atom stereocenters. The Morgan fingerprint density at radius 2 is 1.80 bits per heavy atom. The summed E-state index contributed by atoms with van der Waals surface area (Å²) in [6.45, 7) is 7.94. The van der Waals surface area contributed by atoms with Gasteiger partial charge in [-0.3, -0.25) is 4.79 Å². The Labute approximate surface area is 213 Å². The highest BCUT2D eigenvalue weighted by Gasteiger charge is 2.22. The second kappa shape index (κ2) is 11.0. The van der Waals surface area contributed by atoms with E-state index in [1.165, 1.54) is 23.1 Å². The number of thioether (sulfide) groups is 1. The number of carbonyl (C=O) groups excluding carboxylic acids is 2. The zero-order valence-corrected chi connectivity index (χ0v) is 21.8. The van der Waals surface area contributed by atoms with Gasteiger partial charge in [-0.15, -0.1) is 11.3 Å². The van der Waals surface area contributed by atoms with Crippen LogP contribution in [-0.2, 0) is 16.0 Å². The minimum Gasteiger partial charge on any atom is -0.462 e. The number of ether oxygens (including phenoxy) is 1. The summed E-state index contributed by atoms with van der Waals surface area (Å²) in [4.78, 5) is 36.0. The Kier molecular flexibility index (Phi) is 7.83. The van der Waals surface area contributed by atoms with E-state index in [4.69, 9.17) is 14.7 Å². The average molecular weight is 506 g/mol. The van der Waals surface area contributed by atoms with Gasteiger partial charge < -0.3 is 10.1 Å². The molecule has 0 spiro atoms. The van der Waals surface area contributed by atoms with Crippen LogP contribution in [0.25, 0.3) is 22.3 Å². The first-order valence-electron chi connectivity index (χ1n) is 11.5. The van der Waals surface area contributed by atoms with Crippen molar-refractivity contribution in [2.75, 3.05) is 17.7 Å². The SMILES string of the molecule is CCOC(=O)c1c(NC(=O)CSc2nc(-c3ccccc3)nc3c(CC)cccc23)sc(C)c1C. The molecule has 0 fully saturated rings. The third-order valence-electron chi connectivity index (χ3n) is 5.65. The van der Waals surface area contributed by atoms with Gasteiger partial charge in [0.25, 0.3) is 0 Å². The third-order valence-corrected chi connectivity index (χ3v) is 7.76. The molecule has 0 aliphatic carbocycles. The van der Waals surface area contributed by atoms with Crippen LogP contribution >= 0.6 is 23.1 Å². The van der Waals surface area contributed by atoms with Crippen molar-refractivity contribution in [1.29, 1.82) is 0 Å². The van der Waals surface area contributed by atoms with Gasteiger partial charge in [0.2, 0.25) is 5.91 Å². The van der Waals surface area contributed by atoms with E-state index in [1.807, 2.05) is 56.3 Å². The van der Waals surface area contributed by atoms with Gasteiger partial charge in [-0.2, -0.15) is 0 Å². The summed E-state index contributed by atoms with van der Waals surface area (Å²) in [7, 11) is 0. The number of thiophene rings is 1. The van der Waals surface area contributed by atoms with Gasteiger partial charge in [0.05, 0.1) is 23.4 Å². The van der Waals surface area contributed by atoms with Crippen molar-refractivity contribution in [1.82, 2.24) is 9.97 Å². The molecule has 2 aromatic heterocycles. The monoisotopic (exact) mass is 505 g/mol. The van der Waals surface area contributed by atoms with Gasteiger partial charge in [0.1, 0.15) is 10.0 Å². The van der Waals surface area contributed by atoms with Crippen LogP contribution in [0.15, 0.2) is 53.6 Å². The lowest BCUT2D eigenvalue weighted by molar-refractivity contribution is -0.113. The highest BCUT2D eigenvalue weighted by Crippen LogP contribution is 2.34. The highest BCUT2D eigenvalue weighted by atomic mass is 32.2. The van der Waals surface area contributed by atoms with Crippen molar-refractivity contribution in [3.63, 3.8) is 0 Å². The predicted molar refractivity (Wildman–Crippen MR) is 143 cm³/mol. The molecule has 4 aromatic rings. The summed E-state index contributed by atoms with van der Waals surface area (Å²) in [5, 5.41) is 5.12. The van der Waals surface area contributed by atoms with E-state index in [1.54, 1.807) is 6.92 Å². The van der Waals surface area contributed by atoms with E-state index >= 15 is 0 Å². The molecule has 4 rings (SSSR count). The van der Waals surface area contributed by atoms with Crippen LogP contribution in [-0.4, -0.2) is 34.2 Å². The van der Waals surface area contributed by atoms with Crippen LogP contribution in [0.4, 0.5) is 5.00 Å². The fraction of sp³-hybridized carbons (Fsp3) is 0.259. The molecule has 0 unspecified atom stereocenters. The van der Waals surface area contributed by atoms with Gasteiger partial charge >= 0.3 is 5.97 Å². The van der Waals surface area contributed by atoms with Crippen LogP contribution in [0, 0.1) is 13.8 Å². The summed E-state index contributed by atoms with van der Waals surface area (Å²) in [5.74, 6) is 0.158. The number of nitrogens with one attached hydrogen (secondary N) is 1. The summed E-state index contributed by atoms with van der Waals surface area (Å²) in [6.07, 6.45) is 0.848. The van der Waals surface area contributed by atoms with Crippen molar-refractivity contribution in [3.8, 4) is 11.4 Å². The first-order chi connectivity index (χ1) is 16.9. The van der Waals surface area contributed by atoms with Crippen molar-refractivity contribution in [2.45, 2.75) is 39.1 Å². The summed E-state index contributed by atoms with van der Waals surface area (Å²) in [6, 6.07) is 15.9. The lowest BCUT2D eigenvalue weighted by Gasteiger charge is -2.11. The van der Waals surface area contributed by atoms with Gasteiger partial charge in [-0.05, 0) is 38.3 Å². The number of hydrogen-bond donors (Lipinski definition) is 1. The van der Waals surface area contributed by atoms with Crippen molar-refractivity contribution in [3.05, 3.63) is 70.1 Å². The Morgan fingerprint density at radius 3 is 2.51 bits per heavy atom. The van der Waals surface area contributed by atoms with E-state index in [0.717, 1.165) is 43.9 Å². The first kappa shape index (κ1) is 24.9. The Bertz CT molecular complexity index is 1380. The maximum Gasteiger partial charge on any atom is 0.341 e. The number of aryl methyl sites for hydroxylation is 2. The number of anilines is 1. The van der Waals surface area contributed by atoms with Gasteiger partial charge in [-0.1, -0.05) is 67.2 Å². The molecule has 0 saturated heterocycles. The quantitative estimate of drug-likeness (QED) is 0.168. The van der Waals surface area contributed by atoms with Gasteiger partial charge in [0.15, 0.2) is 5.82 Å². The smallest absolute Gasteiger partial charge is 0.341 e. The fourth-order valence-corrected chi connectivity index (χ4v) is 5.63. The first-order valence-corrected chi connectivity index (χ1v) is 13.3. The van der Waals surface area contributed by atoms with Crippen LogP contribution in [0.2, 0.25) is 0 Å². The van der Waals surface area contributed by atoms with Gasteiger partial charge in [-0.25, -0.2) is 14.8 Å². The molecule has 0 radical (unpaired) electrons. The molecule has 0 bridgehead atoms. The summed E-state index contributed by atoms with van der Waals surface area (Å²) >= 11 is 2.75. The lowest BCUT2D eigenvalue weighted by Crippen LogP contribution is -2.16. The molecule has 1 N–H and O–H groups in total. The maximum absolute atomic E-state index is 12.9. The molecule has 180 valence electrons. The molecular weight excluding hydrogens is 478 g/mol. The minimum atomic E-state index is -0.418. The molecule has 0 aliphatic rings. The van der Waals surface area contributed by atoms with E-state index in [0.29, 0.717) is 16.4 Å². The molecular formula is C27H27N3O3S2. The normalized spacial score (nSPS) is 11.0. The van der Waals surface area contributed by atoms with Crippen LogP contribution in [0.5, 0.6) is 0 Å². The molecule has 2 heterocycles. The summed E-state index contributed by atoms with van der Waals surface area (Å²) in [5.41, 5.74) is 4.23. The van der Waals surface area contributed by atoms with Crippen LogP contribution in [0.3, 0.4) is 0 Å². The molecule has 2 aromatic carbocycles. The van der Waals surface area contributed by atoms with Gasteiger partial charge in [0, 0.05) is 15.8 Å². The topological polar surface area (TPSA) is 81.2 Å². The number of amides is 1. The molecule has 8 heteroatoms. The second-order valence-corrected chi connectivity index (χ2v) is 10.1. The van der Waals surface area contributed by atoms with Crippen LogP contribution in [0.1, 0.15) is 40.2 Å². The predicted octanol–water partition coefficient (Wildman–Crippen LogP) is 6.45. The second-order valence-electron chi connectivity index (χ2n) is 7.93. The number of nitrogens with zero attached hydrogens (tertiary/aromatic N) is 2. The Balaban J connectivity index is 1.62. The molecule has 35 heavy (non-hydrogen) atoms. The average Bonchev–Trinajstić information content (AvgIpc) is 3.15. The lowest BCUT2D eigenvalue weighted by atomic mass is 10.1. The Hall–Kier alpha value is -3.23. The van der Waals surface area contributed by atoms with Crippen LogP contribution < -0.4 is 5.32 Å². The number of aromatic nitrogens is 2. The van der Waals surface area contributed by atoms with E-state index in [9.17, 15) is 9.59 Å². The maximum atomic E-state index is 12.9. The number of para-hydroxylation sites is 1. The van der Waals surface area contributed by atoms with E-state index < -0.39 is 5.97 Å². The number of fused-ring (bicyclic) bond motifs is 1. The zero-order chi connectivity index (χ0) is 24.9. The molecule has 1 amide bonds. The van der Waals surface area contributed by atoms with E-state index in [-0.39, 0.29) is 18.3 Å². The fourth-order valence-electron chi connectivity index (χ4n) is 3.76. The number of benzene rings is 2.